The van der Waals surface area contributed by atoms with Gasteiger partial charge in [0.25, 0.3) is 5.91 Å². The summed E-state index contributed by atoms with van der Waals surface area (Å²) >= 11 is 13.2. The lowest BCUT2D eigenvalue weighted by Gasteiger charge is -2.11. The van der Waals surface area contributed by atoms with Crippen LogP contribution in [0.3, 0.4) is 0 Å². The molecule has 156 valence electrons. The highest BCUT2D eigenvalue weighted by atomic mass is 79.9. The highest BCUT2D eigenvalue weighted by Crippen LogP contribution is 2.35. The van der Waals surface area contributed by atoms with E-state index in [1.807, 2.05) is 30.3 Å². The van der Waals surface area contributed by atoms with Gasteiger partial charge in [-0.3, -0.25) is 4.79 Å². The van der Waals surface area contributed by atoms with Crippen molar-refractivity contribution in [3.8, 4) is 17.6 Å². The van der Waals surface area contributed by atoms with Gasteiger partial charge in [0, 0.05) is 10.2 Å². The molecule has 0 aliphatic rings. The molecule has 3 aromatic rings. The number of phenolic OH excluding ortho intramolecular Hbond substituents is 1. The third kappa shape index (κ3) is 6.34. The minimum absolute atomic E-state index is 0.0796. The fourth-order valence-electron chi connectivity index (χ4n) is 2.60. The first-order valence-electron chi connectivity index (χ1n) is 8.94. The number of nitrogens with zero attached hydrogens (tertiary/aromatic N) is 1. The van der Waals surface area contributed by atoms with Crippen molar-refractivity contribution in [1.29, 1.82) is 5.26 Å². The van der Waals surface area contributed by atoms with Crippen LogP contribution in [0.4, 0.5) is 5.69 Å². The highest BCUT2D eigenvalue weighted by Gasteiger charge is 2.13. The van der Waals surface area contributed by atoms with Crippen molar-refractivity contribution in [3.05, 3.63) is 91.3 Å². The number of carbonyl (C=O) groups is 1. The normalized spacial score (nSPS) is 11.0. The van der Waals surface area contributed by atoms with Gasteiger partial charge < -0.3 is 15.2 Å². The zero-order valence-electron chi connectivity index (χ0n) is 15.9. The molecule has 0 fully saturated rings. The number of benzene rings is 3. The second-order valence-electron chi connectivity index (χ2n) is 6.40. The lowest BCUT2D eigenvalue weighted by molar-refractivity contribution is -0.112. The molecule has 0 saturated carbocycles. The van der Waals surface area contributed by atoms with Gasteiger partial charge in [-0.15, -0.1) is 0 Å². The van der Waals surface area contributed by atoms with E-state index in [0.717, 1.165) is 10.0 Å². The van der Waals surface area contributed by atoms with Gasteiger partial charge in [-0.25, -0.2) is 0 Å². The Bertz CT molecular complexity index is 1150. The van der Waals surface area contributed by atoms with Gasteiger partial charge >= 0.3 is 0 Å². The molecule has 3 aromatic carbocycles. The number of rotatable bonds is 6. The van der Waals surface area contributed by atoms with Crippen LogP contribution in [-0.2, 0) is 11.4 Å². The average molecular weight is 563 g/mol. The molecule has 5 nitrogen and oxygen atoms in total. The fraction of sp³-hybridized carbons (Fsp3) is 0.0435. The summed E-state index contributed by atoms with van der Waals surface area (Å²) in [6, 6.07) is 18.9. The topological polar surface area (TPSA) is 82.3 Å². The summed E-state index contributed by atoms with van der Waals surface area (Å²) in [5, 5.41) is 21.7. The zero-order valence-corrected chi connectivity index (χ0v) is 19.8. The van der Waals surface area contributed by atoms with Crippen LogP contribution in [-0.4, -0.2) is 11.0 Å². The third-order valence-electron chi connectivity index (χ3n) is 4.12. The summed E-state index contributed by atoms with van der Waals surface area (Å²) < 4.78 is 7.41. The Hall–Kier alpha value is -2.79. The first kappa shape index (κ1) is 22.9. The Morgan fingerprint density at radius 1 is 1.13 bits per heavy atom. The molecule has 0 saturated heterocycles. The molecule has 2 N–H and O–H groups in total. The van der Waals surface area contributed by atoms with Crippen molar-refractivity contribution < 1.29 is 14.6 Å². The Labute approximate surface area is 201 Å². The first-order valence-corrected chi connectivity index (χ1v) is 10.9. The van der Waals surface area contributed by atoms with Crippen molar-refractivity contribution in [2.45, 2.75) is 6.61 Å². The van der Waals surface area contributed by atoms with E-state index in [1.54, 1.807) is 12.1 Å². The molecule has 0 aliphatic carbocycles. The molecule has 0 spiro atoms. The van der Waals surface area contributed by atoms with Gasteiger partial charge in [0.15, 0.2) is 5.75 Å². The number of amides is 1. The molecule has 0 aromatic heterocycles. The summed E-state index contributed by atoms with van der Waals surface area (Å²) in [4.78, 5) is 12.4. The predicted molar refractivity (Wildman–Crippen MR) is 128 cm³/mol. The van der Waals surface area contributed by atoms with Crippen LogP contribution in [0.5, 0.6) is 11.5 Å². The van der Waals surface area contributed by atoms with Gasteiger partial charge in [-0.1, -0.05) is 39.7 Å². The van der Waals surface area contributed by atoms with E-state index in [-0.39, 0.29) is 11.3 Å². The van der Waals surface area contributed by atoms with Gasteiger partial charge in [0.1, 0.15) is 24.0 Å². The van der Waals surface area contributed by atoms with Crippen molar-refractivity contribution in [1.82, 2.24) is 0 Å². The average Bonchev–Trinajstić information content (AvgIpc) is 2.74. The molecule has 0 radical (unpaired) electrons. The number of nitrogens with one attached hydrogen (secondary N) is 1. The number of hydrogen-bond acceptors (Lipinski definition) is 4. The number of phenols is 1. The maximum Gasteiger partial charge on any atom is 0.266 e. The molecular formula is C23H15Br2ClN2O3. The highest BCUT2D eigenvalue weighted by molar-refractivity contribution is 9.10. The molecule has 1 amide bonds. The van der Waals surface area contributed by atoms with Gasteiger partial charge in [-0.2, -0.15) is 5.26 Å². The Kier molecular flexibility index (Phi) is 7.75. The Morgan fingerprint density at radius 3 is 2.42 bits per heavy atom. The standard InChI is InChI=1S/C23H15Br2ClN2O3/c24-17-3-1-14(2-4-17)13-31-22-20(25)10-15(11-21(22)26)9-16(12-27)23(30)28-18-5-7-19(29)8-6-18/h1-11,29H,13H2,(H,28,30)/b16-9+. The van der Waals surface area contributed by atoms with E-state index < -0.39 is 5.91 Å². The van der Waals surface area contributed by atoms with Gasteiger partial charge in [-0.05, 0) is 81.7 Å². The first-order chi connectivity index (χ1) is 14.9. The Balaban J connectivity index is 1.76. The van der Waals surface area contributed by atoms with Gasteiger partial charge in [0.05, 0.1) is 9.50 Å². The molecule has 0 heterocycles. The number of carbonyl (C=O) groups excluding carboxylic acids is 1. The van der Waals surface area contributed by atoms with Crippen LogP contribution in [0, 0.1) is 11.3 Å². The number of anilines is 1. The van der Waals surface area contributed by atoms with Crippen LogP contribution >= 0.6 is 43.5 Å². The van der Waals surface area contributed by atoms with Crippen molar-refractivity contribution in [2.24, 2.45) is 0 Å². The van der Waals surface area contributed by atoms with Crippen molar-refractivity contribution in [2.75, 3.05) is 5.32 Å². The molecule has 8 heteroatoms. The number of ether oxygens (including phenoxy) is 1. The van der Waals surface area contributed by atoms with E-state index in [9.17, 15) is 15.2 Å². The summed E-state index contributed by atoms with van der Waals surface area (Å²) in [5.74, 6) is -0.0271. The minimum Gasteiger partial charge on any atom is -0.508 e. The maximum atomic E-state index is 12.4. The number of aromatic hydroxyl groups is 1. The van der Waals surface area contributed by atoms with Crippen LogP contribution < -0.4 is 10.1 Å². The smallest absolute Gasteiger partial charge is 0.266 e. The second kappa shape index (κ2) is 10.5. The molecule has 0 unspecified atom stereocenters. The lowest BCUT2D eigenvalue weighted by atomic mass is 10.1. The van der Waals surface area contributed by atoms with E-state index in [2.05, 4.69) is 37.2 Å². The van der Waals surface area contributed by atoms with Crippen molar-refractivity contribution >= 4 is 61.1 Å². The van der Waals surface area contributed by atoms with Crippen LogP contribution in [0.15, 0.2) is 75.2 Å². The maximum absolute atomic E-state index is 12.4. The molecule has 0 aliphatic heterocycles. The monoisotopic (exact) mass is 560 g/mol. The summed E-state index contributed by atoms with van der Waals surface area (Å²) in [6.45, 7) is 0.333. The second-order valence-corrected chi connectivity index (χ2v) is 8.58. The molecule has 0 atom stereocenters. The zero-order chi connectivity index (χ0) is 22.4. The summed E-state index contributed by atoms with van der Waals surface area (Å²) in [5.41, 5.74) is 1.90. The quantitative estimate of drug-likeness (QED) is 0.199. The van der Waals surface area contributed by atoms with Gasteiger partial charge in [0.2, 0.25) is 0 Å². The predicted octanol–water partition coefficient (Wildman–Crippen LogP) is 6.70. The molecular weight excluding hydrogens is 548 g/mol. The lowest BCUT2D eigenvalue weighted by Crippen LogP contribution is -2.13. The Morgan fingerprint density at radius 2 is 1.81 bits per heavy atom. The largest absolute Gasteiger partial charge is 0.508 e. The van der Waals surface area contributed by atoms with Crippen LogP contribution in [0.2, 0.25) is 5.02 Å². The number of halogens is 3. The van der Waals surface area contributed by atoms with E-state index in [0.29, 0.717) is 33.1 Å². The van der Waals surface area contributed by atoms with Crippen molar-refractivity contribution in [3.63, 3.8) is 0 Å². The fourth-order valence-corrected chi connectivity index (χ4v) is 3.85. The van der Waals surface area contributed by atoms with E-state index in [4.69, 9.17) is 16.3 Å². The van der Waals surface area contributed by atoms with E-state index in [1.165, 1.54) is 30.3 Å². The van der Waals surface area contributed by atoms with Crippen LogP contribution in [0.25, 0.3) is 6.08 Å². The van der Waals surface area contributed by atoms with Crippen LogP contribution in [0.1, 0.15) is 11.1 Å². The number of nitriles is 1. The third-order valence-corrected chi connectivity index (χ3v) is 5.52. The number of hydrogen-bond donors (Lipinski definition) is 2. The molecule has 31 heavy (non-hydrogen) atoms. The minimum atomic E-state index is -0.573. The molecule has 3 rings (SSSR count). The van der Waals surface area contributed by atoms with E-state index >= 15 is 0 Å². The summed E-state index contributed by atoms with van der Waals surface area (Å²) in [7, 11) is 0. The molecule has 0 bridgehead atoms. The SMILES string of the molecule is N#C/C(=C\c1cc(Cl)c(OCc2ccc(Br)cc2)c(Br)c1)C(=O)Nc1ccc(O)cc1. The summed E-state index contributed by atoms with van der Waals surface area (Å²) in [6.07, 6.45) is 1.44.